The van der Waals surface area contributed by atoms with Crippen LogP contribution in [0.1, 0.15) is 30.2 Å². The molecule has 4 heterocycles. The summed E-state index contributed by atoms with van der Waals surface area (Å²) < 4.78 is 10.7. The van der Waals surface area contributed by atoms with E-state index in [1.54, 1.807) is 6.26 Å². The van der Waals surface area contributed by atoms with E-state index in [9.17, 15) is 0 Å². The number of fused-ring (bicyclic) bond motifs is 1. The number of aromatic nitrogens is 3. The van der Waals surface area contributed by atoms with Gasteiger partial charge in [0.1, 0.15) is 0 Å². The molecule has 1 aromatic carbocycles. The van der Waals surface area contributed by atoms with E-state index in [0.717, 1.165) is 25.9 Å². The Hall–Kier alpha value is -2.86. The molecule has 132 valence electrons. The fraction of sp³-hybridized carbons (Fsp3) is 0.300. The van der Waals surface area contributed by atoms with E-state index in [4.69, 9.17) is 8.94 Å². The minimum Gasteiger partial charge on any atom is -0.461 e. The van der Waals surface area contributed by atoms with Gasteiger partial charge < -0.3 is 13.9 Å². The van der Waals surface area contributed by atoms with Crippen molar-refractivity contribution in [3.63, 3.8) is 0 Å². The molecule has 0 aliphatic carbocycles. The molecular formula is C20H20N4O2. The average Bonchev–Trinajstić information content (AvgIpc) is 3.43. The van der Waals surface area contributed by atoms with Crippen LogP contribution in [0.25, 0.3) is 22.5 Å². The first kappa shape index (κ1) is 15.4. The van der Waals surface area contributed by atoms with Crippen LogP contribution in [-0.2, 0) is 6.54 Å². The minimum atomic E-state index is 0.513. The molecule has 0 atom stereocenters. The van der Waals surface area contributed by atoms with Crippen molar-refractivity contribution in [3.05, 3.63) is 60.3 Å². The molecule has 0 spiro atoms. The summed E-state index contributed by atoms with van der Waals surface area (Å²) >= 11 is 0. The smallest absolute Gasteiger partial charge is 0.241 e. The predicted molar refractivity (Wildman–Crippen MR) is 97.6 cm³/mol. The Morgan fingerprint density at radius 3 is 2.85 bits per heavy atom. The van der Waals surface area contributed by atoms with Crippen molar-refractivity contribution < 1.29 is 8.94 Å². The van der Waals surface area contributed by atoms with E-state index in [1.165, 1.54) is 16.5 Å². The fourth-order valence-corrected chi connectivity index (χ4v) is 3.85. The molecule has 1 aliphatic rings. The Bertz CT molecular complexity index is 994. The zero-order chi connectivity index (χ0) is 17.3. The maximum absolute atomic E-state index is 5.38. The third-order valence-corrected chi connectivity index (χ3v) is 5.22. The predicted octanol–water partition coefficient (Wildman–Crippen LogP) is 4.19. The zero-order valence-corrected chi connectivity index (χ0v) is 14.4. The van der Waals surface area contributed by atoms with Crippen LogP contribution in [0.4, 0.5) is 0 Å². The molecule has 3 aromatic heterocycles. The number of likely N-dealkylation sites (tertiary alicyclic amines) is 1. The van der Waals surface area contributed by atoms with Crippen molar-refractivity contribution in [3.8, 4) is 11.6 Å². The molecule has 0 bridgehead atoms. The van der Waals surface area contributed by atoms with Gasteiger partial charge in [0.25, 0.3) is 0 Å². The minimum absolute atomic E-state index is 0.513. The van der Waals surface area contributed by atoms with Gasteiger partial charge in [-0.05, 0) is 55.6 Å². The van der Waals surface area contributed by atoms with Crippen molar-refractivity contribution in [1.29, 1.82) is 0 Å². The third-order valence-electron chi connectivity index (χ3n) is 5.22. The van der Waals surface area contributed by atoms with Crippen LogP contribution in [0, 0.1) is 0 Å². The first-order chi connectivity index (χ1) is 12.9. The van der Waals surface area contributed by atoms with Gasteiger partial charge in [0.15, 0.2) is 5.76 Å². The number of para-hydroxylation sites is 1. The van der Waals surface area contributed by atoms with Crippen LogP contribution >= 0.6 is 0 Å². The van der Waals surface area contributed by atoms with Crippen molar-refractivity contribution >= 4 is 10.9 Å². The van der Waals surface area contributed by atoms with Gasteiger partial charge in [0.05, 0.1) is 12.8 Å². The number of hydrogen-bond acceptors (Lipinski definition) is 5. The molecule has 1 N–H and O–H groups in total. The number of piperidine rings is 1. The Kier molecular flexibility index (Phi) is 3.83. The molecule has 0 saturated carbocycles. The van der Waals surface area contributed by atoms with Crippen molar-refractivity contribution in [1.82, 2.24) is 20.0 Å². The summed E-state index contributed by atoms with van der Waals surface area (Å²) in [6, 6.07) is 12.2. The quantitative estimate of drug-likeness (QED) is 0.599. The molecule has 1 saturated heterocycles. The number of aromatic amines is 1. The molecular weight excluding hydrogens is 328 g/mol. The van der Waals surface area contributed by atoms with E-state index in [2.05, 4.69) is 50.5 Å². The second-order valence-electron chi connectivity index (χ2n) is 6.83. The van der Waals surface area contributed by atoms with Gasteiger partial charge in [0.2, 0.25) is 11.7 Å². The van der Waals surface area contributed by atoms with Crippen LogP contribution < -0.4 is 0 Å². The van der Waals surface area contributed by atoms with E-state index >= 15 is 0 Å². The van der Waals surface area contributed by atoms with Crippen molar-refractivity contribution in [2.45, 2.75) is 25.3 Å². The SMILES string of the molecule is c1coc(-c2noc(CN3CCC(c4c[nH]c5ccccc45)CC3)n2)c1. The Balaban J connectivity index is 1.23. The zero-order valence-electron chi connectivity index (χ0n) is 14.4. The van der Waals surface area contributed by atoms with Gasteiger partial charge in [-0.15, -0.1) is 0 Å². The lowest BCUT2D eigenvalue weighted by atomic mass is 9.89. The standard InChI is InChI=1S/C20H20N4O2/c1-2-5-17-15(4-1)16(12-21-17)14-7-9-24(10-8-14)13-19-22-20(23-26-19)18-6-3-11-25-18/h1-6,11-12,14,21H,7-10,13H2. The molecule has 4 aromatic rings. The average molecular weight is 348 g/mol. The topological polar surface area (TPSA) is 71.1 Å². The molecule has 6 nitrogen and oxygen atoms in total. The fourth-order valence-electron chi connectivity index (χ4n) is 3.85. The molecule has 0 amide bonds. The lowest BCUT2D eigenvalue weighted by Crippen LogP contribution is -2.32. The lowest BCUT2D eigenvalue weighted by molar-refractivity contribution is 0.181. The molecule has 5 rings (SSSR count). The van der Waals surface area contributed by atoms with E-state index < -0.39 is 0 Å². The number of H-pyrrole nitrogens is 1. The third kappa shape index (κ3) is 2.82. The largest absolute Gasteiger partial charge is 0.461 e. The Labute approximate surface area is 150 Å². The second kappa shape index (κ2) is 6.46. The van der Waals surface area contributed by atoms with Gasteiger partial charge in [0, 0.05) is 17.1 Å². The van der Waals surface area contributed by atoms with Crippen molar-refractivity contribution in [2.75, 3.05) is 13.1 Å². The normalized spacial score (nSPS) is 16.5. The maximum atomic E-state index is 5.38. The first-order valence-electron chi connectivity index (χ1n) is 9.01. The van der Waals surface area contributed by atoms with Crippen LogP contribution in [0.3, 0.4) is 0 Å². The Morgan fingerprint density at radius 1 is 1.12 bits per heavy atom. The van der Waals surface area contributed by atoms with Gasteiger partial charge >= 0.3 is 0 Å². The highest BCUT2D eigenvalue weighted by atomic mass is 16.5. The van der Waals surface area contributed by atoms with Crippen LogP contribution in [0.5, 0.6) is 0 Å². The van der Waals surface area contributed by atoms with E-state index in [0.29, 0.717) is 29.9 Å². The first-order valence-corrected chi connectivity index (χ1v) is 9.01. The molecule has 1 aliphatic heterocycles. The number of benzene rings is 1. The van der Waals surface area contributed by atoms with E-state index in [1.807, 2.05) is 12.1 Å². The summed E-state index contributed by atoms with van der Waals surface area (Å²) in [7, 11) is 0. The Morgan fingerprint density at radius 2 is 2.00 bits per heavy atom. The summed E-state index contributed by atoms with van der Waals surface area (Å²) in [6.07, 6.45) is 6.07. The van der Waals surface area contributed by atoms with Crippen LogP contribution in [0.15, 0.2) is 57.8 Å². The highest BCUT2D eigenvalue weighted by Gasteiger charge is 2.24. The molecule has 26 heavy (non-hydrogen) atoms. The number of hydrogen-bond donors (Lipinski definition) is 1. The summed E-state index contributed by atoms with van der Waals surface area (Å²) in [6.45, 7) is 2.75. The number of rotatable bonds is 4. The summed E-state index contributed by atoms with van der Waals surface area (Å²) in [5, 5.41) is 5.36. The number of nitrogens with one attached hydrogen (secondary N) is 1. The molecule has 0 unspecified atom stereocenters. The number of furan rings is 1. The maximum Gasteiger partial charge on any atom is 0.241 e. The second-order valence-corrected chi connectivity index (χ2v) is 6.83. The van der Waals surface area contributed by atoms with Crippen molar-refractivity contribution in [2.24, 2.45) is 0 Å². The molecule has 1 fully saturated rings. The lowest BCUT2D eigenvalue weighted by Gasteiger charge is -2.30. The molecule has 0 radical (unpaired) electrons. The van der Waals surface area contributed by atoms with Crippen LogP contribution in [-0.4, -0.2) is 33.1 Å². The van der Waals surface area contributed by atoms with Gasteiger partial charge in [-0.2, -0.15) is 4.98 Å². The monoisotopic (exact) mass is 348 g/mol. The highest BCUT2D eigenvalue weighted by Crippen LogP contribution is 2.33. The summed E-state index contributed by atoms with van der Waals surface area (Å²) in [4.78, 5) is 10.2. The number of nitrogens with zero attached hydrogens (tertiary/aromatic N) is 3. The van der Waals surface area contributed by atoms with Gasteiger partial charge in [-0.1, -0.05) is 23.4 Å². The van der Waals surface area contributed by atoms with Gasteiger partial charge in [-0.3, -0.25) is 4.90 Å². The van der Waals surface area contributed by atoms with Crippen LogP contribution in [0.2, 0.25) is 0 Å². The summed E-state index contributed by atoms with van der Waals surface area (Å²) in [5.74, 6) is 2.39. The molecule has 6 heteroatoms. The summed E-state index contributed by atoms with van der Waals surface area (Å²) in [5.41, 5.74) is 2.67. The van der Waals surface area contributed by atoms with E-state index in [-0.39, 0.29) is 0 Å². The van der Waals surface area contributed by atoms with Gasteiger partial charge in [-0.25, -0.2) is 0 Å². The highest BCUT2D eigenvalue weighted by molar-refractivity contribution is 5.83.